The van der Waals surface area contributed by atoms with Crippen molar-refractivity contribution in [3.8, 4) is 0 Å². The Hall–Kier alpha value is -1.06. The predicted octanol–water partition coefficient (Wildman–Crippen LogP) is 1.85. The van der Waals surface area contributed by atoms with E-state index in [1.165, 1.54) is 0 Å². The van der Waals surface area contributed by atoms with Gasteiger partial charge in [-0.15, -0.1) is 0 Å². The van der Waals surface area contributed by atoms with Gasteiger partial charge in [-0.1, -0.05) is 6.42 Å². The van der Waals surface area contributed by atoms with Gasteiger partial charge in [0, 0.05) is 12.0 Å². The van der Waals surface area contributed by atoms with E-state index in [1.54, 1.807) is 13.8 Å². The molecular formula is C9H15NO3. The lowest BCUT2D eigenvalue weighted by atomic mass is 9.97. The van der Waals surface area contributed by atoms with Crippen LogP contribution >= 0.6 is 0 Å². The number of imide groups is 1. The highest BCUT2D eigenvalue weighted by Gasteiger charge is 2.37. The zero-order valence-electron chi connectivity index (χ0n) is 8.04. The molecular weight excluding hydrogens is 170 g/mol. The van der Waals surface area contributed by atoms with E-state index in [9.17, 15) is 9.59 Å². The summed E-state index contributed by atoms with van der Waals surface area (Å²) in [5.74, 6) is -0.269. The van der Waals surface area contributed by atoms with Crippen LogP contribution in [0.3, 0.4) is 0 Å². The van der Waals surface area contributed by atoms with Gasteiger partial charge in [0.15, 0.2) is 0 Å². The van der Waals surface area contributed by atoms with Crippen molar-refractivity contribution < 1.29 is 14.7 Å². The zero-order chi connectivity index (χ0) is 10.1. The minimum Gasteiger partial charge on any atom is -0.465 e. The van der Waals surface area contributed by atoms with Crippen LogP contribution in [-0.4, -0.2) is 27.5 Å². The molecule has 2 amide bonds. The van der Waals surface area contributed by atoms with Crippen molar-refractivity contribution in [2.75, 3.05) is 0 Å². The Balaban J connectivity index is 2.93. The highest BCUT2D eigenvalue weighted by atomic mass is 16.4. The molecule has 0 saturated carbocycles. The monoisotopic (exact) mass is 185 g/mol. The molecule has 74 valence electrons. The molecule has 0 radical (unpaired) electrons. The van der Waals surface area contributed by atoms with E-state index >= 15 is 0 Å². The second kappa shape index (κ2) is 3.36. The Morgan fingerprint density at radius 3 is 2.62 bits per heavy atom. The third kappa shape index (κ3) is 1.99. The Morgan fingerprint density at radius 2 is 2.08 bits per heavy atom. The van der Waals surface area contributed by atoms with Gasteiger partial charge in [0.25, 0.3) is 0 Å². The summed E-state index contributed by atoms with van der Waals surface area (Å²) in [5.41, 5.74) is -0.542. The Kier molecular flexibility index (Phi) is 2.59. The summed E-state index contributed by atoms with van der Waals surface area (Å²) in [4.78, 5) is 23.2. The summed E-state index contributed by atoms with van der Waals surface area (Å²) < 4.78 is 0. The normalized spacial score (nSPS) is 22.6. The van der Waals surface area contributed by atoms with Gasteiger partial charge in [-0.25, -0.2) is 9.69 Å². The van der Waals surface area contributed by atoms with Crippen molar-refractivity contribution >= 4 is 12.0 Å². The van der Waals surface area contributed by atoms with Crippen molar-refractivity contribution in [2.45, 2.75) is 45.1 Å². The molecule has 1 aliphatic rings. The molecule has 0 aromatic carbocycles. The second-order valence-electron chi connectivity index (χ2n) is 4.03. The largest absolute Gasteiger partial charge is 0.465 e. The van der Waals surface area contributed by atoms with E-state index in [-0.39, 0.29) is 5.91 Å². The van der Waals surface area contributed by atoms with Crippen LogP contribution in [0.25, 0.3) is 0 Å². The number of carbonyl (C=O) groups is 2. The van der Waals surface area contributed by atoms with Crippen LogP contribution in [0.1, 0.15) is 39.5 Å². The molecule has 13 heavy (non-hydrogen) atoms. The number of rotatable bonds is 0. The topological polar surface area (TPSA) is 57.6 Å². The summed E-state index contributed by atoms with van der Waals surface area (Å²) in [6, 6.07) is 0. The van der Waals surface area contributed by atoms with Gasteiger partial charge in [0.05, 0.1) is 0 Å². The molecule has 1 aliphatic heterocycles. The lowest BCUT2D eigenvalue weighted by Gasteiger charge is -2.32. The van der Waals surface area contributed by atoms with Crippen LogP contribution < -0.4 is 0 Å². The summed E-state index contributed by atoms with van der Waals surface area (Å²) in [6.07, 6.45) is 1.70. The fourth-order valence-electron chi connectivity index (χ4n) is 1.76. The molecule has 0 aromatic heterocycles. The van der Waals surface area contributed by atoms with Gasteiger partial charge in [-0.3, -0.25) is 4.79 Å². The van der Waals surface area contributed by atoms with Gasteiger partial charge >= 0.3 is 6.09 Å². The van der Waals surface area contributed by atoms with Crippen LogP contribution in [0.5, 0.6) is 0 Å². The quantitative estimate of drug-likeness (QED) is 0.626. The first-order valence-corrected chi connectivity index (χ1v) is 4.51. The van der Waals surface area contributed by atoms with Crippen molar-refractivity contribution in [3.63, 3.8) is 0 Å². The lowest BCUT2D eigenvalue weighted by molar-refractivity contribution is -0.132. The van der Waals surface area contributed by atoms with Crippen molar-refractivity contribution in [1.82, 2.24) is 4.90 Å². The molecule has 0 aliphatic carbocycles. The summed E-state index contributed by atoms with van der Waals surface area (Å²) in [6.45, 7) is 3.59. The zero-order valence-corrected chi connectivity index (χ0v) is 8.04. The van der Waals surface area contributed by atoms with Crippen LogP contribution in [0.15, 0.2) is 0 Å². The summed E-state index contributed by atoms with van der Waals surface area (Å²) in [5, 5.41) is 8.87. The molecule has 1 fully saturated rings. The van der Waals surface area contributed by atoms with Gasteiger partial charge in [-0.05, 0) is 26.7 Å². The maximum Gasteiger partial charge on any atom is 0.414 e. The highest BCUT2D eigenvalue weighted by Crippen LogP contribution is 2.27. The van der Waals surface area contributed by atoms with Crippen LogP contribution in [0.4, 0.5) is 4.79 Å². The fraction of sp³-hybridized carbons (Fsp3) is 0.778. The Labute approximate surface area is 77.5 Å². The number of carbonyl (C=O) groups excluding carboxylic acids is 1. The average Bonchev–Trinajstić information content (AvgIpc) is 2.07. The fourth-order valence-corrected chi connectivity index (χ4v) is 1.76. The number of carboxylic acid groups (broad SMARTS) is 1. The second-order valence-corrected chi connectivity index (χ2v) is 4.03. The summed E-state index contributed by atoms with van der Waals surface area (Å²) >= 11 is 0. The SMILES string of the molecule is CC1(C)CCCCC(=O)N1C(=O)O. The van der Waals surface area contributed by atoms with E-state index in [0.717, 1.165) is 24.2 Å². The first-order chi connectivity index (χ1) is 5.95. The van der Waals surface area contributed by atoms with Crippen LogP contribution in [0, 0.1) is 0 Å². The average molecular weight is 185 g/mol. The minimum atomic E-state index is -1.13. The molecule has 1 saturated heterocycles. The lowest BCUT2D eigenvalue weighted by Crippen LogP contribution is -2.49. The van der Waals surface area contributed by atoms with Gasteiger partial charge in [0.1, 0.15) is 0 Å². The number of hydrogen-bond acceptors (Lipinski definition) is 2. The van der Waals surface area contributed by atoms with Crippen LogP contribution in [-0.2, 0) is 4.79 Å². The van der Waals surface area contributed by atoms with Gasteiger partial charge < -0.3 is 5.11 Å². The number of amides is 2. The Morgan fingerprint density at radius 1 is 1.46 bits per heavy atom. The molecule has 0 unspecified atom stereocenters. The molecule has 1 heterocycles. The molecule has 1 N–H and O–H groups in total. The smallest absolute Gasteiger partial charge is 0.414 e. The van der Waals surface area contributed by atoms with E-state index in [2.05, 4.69) is 0 Å². The van der Waals surface area contributed by atoms with Crippen molar-refractivity contribution in [1.29, 1.82) is 0 Å². The van der Waals surface area contributed by atoms with Crippen molar-refractivity contribution in [3.05, 3.63) is 0 Å². The number of likely N-dealkylation sites (tertiary alicyclic amines) is 1. The van der Waals surface area contributed by atoms with Gasteiger partial charge in [-0.2, -0.15) is 0 Å². The predicted molar refractivity (Wildman–Crippen MR) is 47.4 cm³/mol. The standard InChI is InChI=1S/C9H15NO3/c1-9(2)6-4-3-5-7(11)10(9)8(12)13/h3-6H2,1-2H3,(H,12,13). The van der Waals surface area contributed by atoms with E-state index in [4.69, 9.17) is 5.11 Å². The number of nitrogens with zero attached hydrogens (tertiary/aromatic N) is 1. The van der Waals surface area contributed by atoms with E-state index in [0.29, 0.717) is 6.42 Å². The molecule has 4 nitrogen and oxygen atoms in total. The maximum atomic E-state index is 11.4. The molecule has 4 heteroatoms. The highest BCUT2D eigenvalue weighted by molar-refractivity contribution is 5.92. The molecule has 1 rings (SSSR count). The first kappa shape index (κ1) is 10.0. The third-order valence-electron chi connectivity index (χ3n) is 2.48. The van der Waals surface area contributed by atoms with E-state index < -0.39 is 11.6 Å². The Bertz CT molecular complexity index is 235. The maximum absolute atomic E-state index is 11.4. The molecule has 0 aromatic rings. The third-order valence-corrected chi connectivity index (χ3v) is 2.48. The first-order valence-electron chi connectivity index (χ1n) is 4.51. The van der Waals surface area contributed by atoms with Crippen molar-refractivity contribution in [2.24, 2.45) is 0 Å². The number of hydrogen-bond donors (Lipinski definition) is 1. The van der Waals surface area contributed by atoms with Gasteiger partial charge in [0.2, 0.25) is 5.91 Å². The summed E-state index contributed by atoms with van der Waals surface area (Å²) in [7, 11) is 0. The van der Waals surface area contributed by atoms with Crippen LogP contribution in [0.2, 0.25) is 0 Å². The molecule has 0 spiro atoms. The minimum absolute atomic E-state index is 0.269. The molecule has 0 atom stereocenters. The molecule has 0 bridgehead atoms. The van der Waals surface area contributed by atoms with E-state index in [1.807, 2.05) is 0 Å².